The molecule has 0 spiro atoms. The number of nitrogens with zero attached hydrogens (tertiary/aromatic N) is 3. The highest BCUT2D eigenvalue weighted by Crippen LogP contribution is 2.21. The summed E-state index contributed by atoms with van der Waals surface area (Å²) in [6.45, 7) is 3.05. The van der Waals surface area contributed by atoms with E-state index in [9.17, 15) is 0 Å². The Morgan fingerprint density at radius 3 is 3.08 bits per heavy atom. The lowest BCUT2D eigenvalue weighted by Gasteiger charge is -1.99. The van der Waals surface area contributed by atoms with E-state index < -0.39 is 0 Å². The second-order valence-electron chi connectivity index (χ2n) is 2.92. The highest BCUT2D eigenvalue weighted by molar-refractivity contribution is 9.10. The summed E-state index contributed by atoms with van der Waals surface area (Å²) < 4.78 is 2.99. The fourth-order valence-corrected chi connectivity index (χ4v) is 1.92. The van der Waals surface area contributed by atoms with Crippen molar-refractivity contribution in [2.75, 3.05) is 0 Å². The first-order valence-electron chi connectivity index (χ1n) is 4.30. The summed E-state index contributed by atoms with van der Waals surface area (Å²) >= 11 is 3.50. The number of rotatable bonds is 2. The van der Waals surface area contributed by atoms with Gasteiger partial charge in [-0.25, -0.2) is 4.68 Å². The fourth-order valence-electron chi connectivity index (χ4n) is 1.36. The standard InChI is InChI=1S/C9H10BrN3/c1-2-6-13-9-7(10)4-3-5-8(9)11-12-13/h3-5H,2,6H2,1H3. The van der Waals surface area contributed by atoms with Crippen molar-refractivity contribution >= 4 is 27.0 Å². The number of para-hydroxylation sites is 1. The van der Waals surface area contributed by atoms with E-state index in [2.05, 4.69) is 33.2 Å². The van der Waals surface area contributed by atoms with Gasteiger partial charge in [-0.15, -0.1) is 5.10 Å². The van der Waals surface area contributed by atoms with Gasteiger partial charge in [0, 0.05) is 11.0 Å². The SMILES string of the molecule is CCCn1nnc2cccc(Br)c21. The Balaban J connectivity index is 2.64. The molecule has 1 heterocycles. The van der Waals surface area contributed by atoms with Gasteiger partial charge >= 0.3 is 0 Å². The van der Waals surface area contributed by atoms with E-state index in [1.165, 1.54) is 0 Å². The van der Waals surface area contributed by atoms with Crippen LogP contribution in [0.25, 0.3) is 11.0 Å². The van der Waals surface area contributed by atoms with Crippen LogP contribution in [0, 0.1) is 0 Å². The zero-order valence-corrected chi connectivity index (χ0v) is 8.95. The van der Waals surface area contributed by atoms with Crippen LogP contribution in [-0.4, -0.2) is 15.0 Å². The molecule has 0 bridgehead atoms. The van der Waals surface area contributed by atoms with Crippen molar-refractivity contribution in [3.63, 3.8) is 0 Å². The third-order valence-corrected chi connectivity index (χ3v) is 2.56. The van der Waals surface area contributed by atoms with Gasteiger partial charge in [-0.1, -0.05) is 18.2 Å². The van der Waals surface area contributed by atoms with E-state index >= 15 is 0 Å². The van der Waals surface area contributed by atoms with Crippen LogP contribution in [0.1, 0.15) is 13.3 Å². The van der Waals surface area contributed by atoms with Crippen molar-refractivity contribution in [3.05, 3.63) is 22.7 Å². The number of aryl methyl sites for hydroxylation is 1. The summed E-state index contributed by atoms with van der Waals surface area (Å²) in [4.78, 5) is 0. The van der Waals surface area contributed by atoms with Crippen molar-refractivity contribution in [1.29, 1.82) is 0 Å². The second-order valence-corrected chi connectivity index (χ2v) is 3.77. The van der Waals surface area contributed by atoms with Crippen molar-refractivity contribution < 1.29 is 0 Å². The van der Waals surface area contributed by atoms with Gasteiger partial charge in [-0.3, -0.25) is 0 Å². The maximum absolute atomic E-state index is 4.08. The molecule has 13 heavy (non-hydrogen) atoms. The lowest BCUT2D eigenvalue weighted by Crippen LogP contribution is -1.98. The molecule has 0 unspecified atom stereocenters. The highest BCUT2D eigenvalue weighted by atomic mass is 79.9. The van der Waals surface area contributed by atoms with Crippen LogP contribution in [0.4, 0.5) is 0 Å². The predicted octanol–water partition coefficient (Wildman–Crippen LogP) is 2.60. The normalized spacial score (nSPS) is 10.9. The van der Waals surface area contributed by atoms with E-state index in [-0.39, 0.29) is 0 Å². The number of halogens is 1. The largest absolute Gasteiger partial charge is 0.244 e. The molecule has 0 N–H and O–H groups in total. The molecule has 3 nitrogen and oxygen atoms in total. The fraction of sp³-hybridized carbons (Fsp3) is 0.333. The average molecular weight is 240 g/mol. The van der Waals surface area contributed by atoms with Crippen molar-refractivity contribution in [2.24, 2.45) is 0 Å². The van der Waals surface area contributed by atoms with E-state index in [0.29, 0.717) is 0 Å². The lowest BCUT2D eigenvalue weighted by atomic mass is 10.3. The quantitative estimate of drug-likeness (QED) is 0.807. The summed E-state index contributed by atoms with van der Waals surface area (Å²) in [5, 5.41) is 8.16. The Morgan fingerprint density at radius 1 is 1.46 bits per heavy atom. The molecule has 0 aliphatic heterocycles. The molecule has 0 fully saturated rings. The lowest BCUT2D eigenvalue weighted by molar-refractivity contribution is 0.595. The summed E-state index contributed by atoms with van der Waals surface area (Å²) in [6.07, 6.45) is 1.07. The monoisotopic (exact) mass is 239 g/mol. The Labute approximate surface area is 84.9 Å². The zero-order chi connectivity index (χ0) is 9.26. The molecule has 0 amide bonds. The minimum absolute atomic E-state index is 0.916. The second kappa shape index (κ2) is 3.46. The molecule has 2 aromatic rings. The summed E-state index contributed by atoms with van der Waals surface area (Å²) in [5.41, 5.74) is 2.03. The van der Waals surface area contributed by atoms with Gasteiger partial charge in [0.15, 0.2) is 0 Å². The van der Waals surface area contributed by atoms with Gasteiger partial charge in [0.2, 0.25) is 0 Å². The van der Waals surface area contributed by atoms with Gasteiger partial charge in [-0.2, -0.15) is 0 Å². The predicted molar refractivity (Wildman–Crippen MR) is 55.5 cm³/mol. The molecule has 1 aromatic heterocycles. The zero-order valence-electron chi connectivity index (χ0n) is 7.37. The number of hydrogen-bond donors (Lipinski definition) is 0. The molecule has 0 aliphatic carbocycles. The number of benzene rings is 1. The van der Waals surface area contributed by atoms with Crippen molar-refractivity contribution in [1.82, 2.24) is 15.0 Å². The number of fused-ring (bicyclic) bond motifs is 1. The van der Waals surface area contributed by atoms with Gasteiger partial charge in [-0.05, 0) is 34.5 Å². The number of aromatic nitrogens is 3. The van der Waals surface area contributed by atoms with Gasteiger partial charge < -0.3 is 0 Å². The maximum atomic E-state index is 4.08. The van der Waals surface area contributed by atoms with Crippen LogP contribution in [0.3, 0.4) is 0 Å². The van der Waals surface area contributed by atoms with Gasteiger partial charge in [0.1, 0.15) is 11.0 Å². The maximum Gasteiger partial charge on any atom is 0.114 e. The molecule has 0 saturated heterocycles. The average Bonchev–Trinajstić information content (AvgIpc) is 2.51. The first kappa shape index (κ1) is 8.69. The van der Waals surface area contributed by atoms with Crippen molar-refractivity contribution in [2.45, 2.75) is 19.9 Å². The van der Waals surface area contributed by atoms with Crippen molar-refractivity contribution in [3.8, 4) is 0 Å². The topological polar surface area (TPSA) is 30.7 Å². The smallest absolute Gasteiger partial charge is 0.114 e. The Hall–Kier alpha value is -0.900. The van der Waals surface area contributed by atoms with Crippen LogP contribution < -0.4 is 0 Å². The van der Waals surface area contributed by atoms with Crippen LogP contribution in [0.2, 0.25) is 0 Å². The Kier molecular flexibility index (Phi) is 2.31. The minimum atomic E-state index is 0.916. The van der Waals surface area contributed by atoms with Crippen LogP contribution in [0.5, 0.6) is 0 Å². The third-order valence-electron chi connectivity index (χ3n) is 1.92. The van der Waals surface area contributed by atoms with Gasteiger partial charge in [0.05, 0.1) is 0 Å². The minimum Gasteiger partial charge on any atom is -0.244 e. The van der Waals surface area contributed by atoms with E-state index in [1.54, 1.807) is 0 Å². The summed E-state index contributed by atoms with van der Waals surface area (Å²) in [7, 11) is 0. The van der Waals surface area contributed by atoms with E-state index in [1.807, 2.05) is 22.9 Å². The van der Waals surface area contributed by atoms with Crippen LogP contribution >= 0.6 is 15.9 Å². The first-order valence-corrected chi connectivity index (χ1v) is 5.10. The van der Waals surface area contributed by atoms with E-state index in [0.717, 1.165) is 28.5 Å². The van der Waals surface area contributed by atoms with E-state index in [4.69, 9.17) is 0 Å². The molecule has 0 radical (unpaired) electrons. The first-order chi connectivity index (χ1) is 6.33. The Bertz CT molecular complexity index is 422. The van der Waals surface area contributed by atoms with Crippen LogP contribution in [-0.2, 0) is 6.54 Å². The summed E-state index contributed by atoms with van der Waals surface area (Å²) in [6, 6.07) is 5.95. The molecule has 0 saturated carbocycles. The molecule has 0 atom stereocenters. The molecular weight excluding hydrogens is 230 g/mol. The number of hydrogen-bond acceptors (Lipinski definition) is 2. The molecule has 4 heteroatoms. The summed E-state index contributed by atoms with van der Waals surface area (Å²) in [5.74, 6) is 0. The molecule has 0 aliphatic rings. The van der Waals surface area contributed by atoms with Crippen LogP contribution in [0.15, 0.2) is 22.7 Å². The molecule has 1 aromatic carbocycles. The Morgan fingerprint density at radius 2 is 2.31 bits per heavy atom. The molecule has 2 rings (SSSR count). The third kappa shape index (κ3) is 1.46. The highest BCUT2D eigenvalue weighted by Gasteiger charge is 2.05. The molecular formula is C9H10BrN3. The van der Waals surface area contributed by atoms with Gasteiger partial charge in [0.25, 0.3) is 0 Å². The molecule has 68 valence electrons.